The van der Waals surface area contributed by atoms with Gasteiger partial charge < -0.3 is 10.6 Å². The van der Waals surface area contributed by atoms with E-state index >= 15 is 0 Å². The number of nitrogens with zero attached hydrogens (tertiary/aromatic N) is 3. The van der Waals surface area contributed by atoms with Gasteiger partial charge in [0.25, 0.3) is 0 Å². The molecule has 3 rings (SSSR count). The average Bonchev–Trinajstić information content (AvgIpc) is 3.48. The number of rotatable bonds is 7. The van der Waals surface area contributed by atoms with Crippen LogP contribution in [0.4, 0.5) is 13.2 Å². The summed E-state index contributed by atoms with van der Waals surface area (Å²) < 4.78 is 40.2. The van der Waals surface area contributed by atoms with Crippen LogP contribution >= 0.6 is 0 Å². The Balaban J connectivity index is 1.57. The number of benzene rings is 1. The first-order valence-corrected chi connectivity index (χ1v) is 9.52. The molecule has 1 aromatic carbocycles. The quantitative estimate of drug-likeness (QED) is 0.683. The van der Waals surface area contributed by atoms with Crippen molar-refractivity contribution in [1.82, 2.24) is 15.3 Å². The van der Waals surface area contributed by atoms with Gasteiger partial charge in [-0.15, -0.1) is 0 Å². The second-order valence-electron chi connectivity index (χ2n) is 7.42. The van der Waals surface area contributed by atoms with Crippen LogP contribution in [0.25, 0.3) is 0 Å². The van der Waals surface area contributed by atoms with E-state index in [1.54, 1.807) is 4.90 Å². The van der Waals surface area contributed by atoms with E-state index in [4.69, 9.17) is 5.73 Å². The molecule has 1 saturated carbocycles. The number of aliphatic imine (C=N–C) groups is 1. The normalized spacial score (nSPS) is 20.0. The van der Waals surface area contributed by atoms with Crippen molar-refractivity contribution in [2.24, 2.45) is 16.6 Å². The molecule has 1 aromatic rings. The molecule has 1 amide bonds. The molecule has 28 heavy (non-hydrogen) atoms. The zero-order valence-corrected chi connectivity index (χ0v) is 15.9. The Kier molecular flexibility index (Phi) is 6.56. The highest BCUT2D eigenvalue weighted by Crippen LogP contribution is 2.29. The highest BCUT2D eigenvalue weighted by Gasteiger charge is 2.28. The first kappa shape index (κ1) is 20.6. The lowest BCUT2D eigenvalue weighted by atomic mass is 10.0. The van der Waals surface area contributed by atoms with Gasteiger partial charge in [-0.2, -0.15) is 0 Å². The van der Waals surface area contributed by atoms with Crippen LogP contribution in [0, 0.1) is 23.4 Å². The summed E-state index contributed by atoms with van der Waals surface area (Å²) in [5.41, 5.74) is 9.02. The summed E-state index contributed by atoms with van der Waals surface area (Å²) in [7, 11) is 1.82. The van der Waals surface area contributed by atoms with Crippen LogP contribution in [0.3, 0.4) is 0 Å². The van der Waals surface area contributed by atoms with Crippen LogP contribution in [0.2, 0.25) is 0 Å². The van der Waals surface area contributed by atoms with E-state index in [2.05, 4.69) is 10.4 Å². The number of amides is 1. The Labute approximate surface area is 162 Å². The van der Waals surface area contributed by atoms with Crippen molar-refractivity contribution in [2.45, 2.75) is 31.7 Å². The van der Waals surface area contributed by atoms with Crippen molar-refractivity contribution in [1.29, 1.82) is 0 Å². The van der Waals surface area contributed by atoms with E-state index in [1.807, 2.05) is 12.1 Å². The average molecular weight is 397 g/mol. The number of halogens is 3. The first-order valence-electron chi connectivity index (χ1n) is 9.52. The Morgan fingerprint density at radius 3 is 2.64 bits per heavy atom. The van der Waals surface area contributed by atoms with Crippen LogP contribution in [0.15, 0.2) is 17.1 Å². The van der Waals surface area contributed by atoms with E-state index in [1.165, 1.54) is 12.8 Å². The SMILES string of the molecule is CNN1CCN(C(=O)C[C@H](N)Cc2cc(F)c(F)cc2F)CC1=NCC1CC1. The van der Waals surface area contributed by atoms with Gasteiger partial charge >= 0.3 is 0 Å². The number of amidine groups is 1. The van der Waals surface area contributed by atoms with Crippen molar-refractivity contribution in [3.05, 3.63) is 35.1 Å². The fourth-order valence-corrected chi connectivity index (χ4v) is 3.24. The van der Waals surface area contributed by atoms with Crippen LogP contribution in [0.5, 0.6) is 0 Å². The largest absolute Gasteiger partial charge is 0.333 e. The second kappa shape index (κ2) is 8.91. The summed E-state index contributed by atoms with van der Waals surface area (Å²) >= 11 is 0. The highest BCUT2D eigenvalue weighted by molar-refractivity contribution is 5.89. The molecule has 0 unspecified atom stereocenters. The number of piperazine rings is 1. The van der Waals surface area contributed by atoms with Gasteiger partial charge in [-0.3, -0.25) is 14.8 Å². The van der Waals surface area contributed by atoms with Gasteiger partial charge in [0.1, 0.15) is 11.7 Å². The van der Waals surface area contributed by atoms with Gasteiger partial charge in [0.05, 0.1) is 13.1 Å². The lowest BCUT2D eigenvalue weighted by Crippen LogP contribution is -2.56. The topological polar surface area (TPSA) is 74.0 Å². The molecule has 154 valence electrons. The minimum absolute atomic E-state index is 0.00606. The fraction of sp³-hybridized carbons (Fsp3) is 0.579. The van der Waals surface area contributed by atoms with Gasteiger partial charge in [-0.25, -0.2) is 18.6 Å². The lowest BCUT2D eigenvalue weighted by molar-refractivity contribution is -0.131. The molecule has 1 aliphatic carbocycles. The number of carbonyl (C=O) groups is 1. The van der Waals surface area contributed by atoms with E-state index in [-0.39, 0.29) is 24.3 Å². The molecule has 2 fully saturated rings. The van der Waals surface area contributed by atoms with Crippen molar-refractivity contribution in [3.63, 3.8) is 0 Å². The zero-order chi connectivity index (χ0) is 20.3. The van der Waals surface area contributed by atoms with Gasteiger partial charge in [0.15, 0.2) is 11.6 Å². The Hall–Kier alpha value is -2.13. The van der Waals surface area contributed by atoms with E-state index < -0.39 is 23.5 Å². The molecule has 0 bridgehead atoms. The molecule has 2 aliphatic rings. The molecule has 0 aromatic heterocycles. The fourth-order valence-electron chi connectivity index (χ4n) is 3.24. The summed E-state index contributed by atoms with van der Waals surface area (Å²) in [6, 6.07) is 0.600. The maximum Gasteiger partial charge on any atom is 0.224 e. The molecule has 9 heteroatoms. The molecule has 3 N–H and O–H groups in total. The van der Waals surface area contributed by atoms with Gasteiger partial charge in [0, 0.05) is 38.7 Å². The minimum Gasteiger partial charge on any atom is -0.333 e. The van der Waals surface area contributed by atoms with Crippen LogP contribution in [0.1, 0.15) is 24.8 Å². The predicted molar refractivity (Wildman–Crippen MR) is 100.0 cm³/mol. The van der Waals surface area contributed by atoms with Crippen molar-refractivity contribution in [3.8, 4) is 0 Å². The molecule has 1 saturated heterocycles. The summed E-state index contributed by atoms with van der Waals surface area (Å²) in [6.07, 6.45) is 2.35. The number of carbonyl (C=O) groups excluding carboxylic acids is 1. The summed E-state index contributed by atoms with van der Waals surface area (Å²) in [5, 5.41) is 1.93. The molecule has 1 aliphatic heterocycles. The molecular formula is C19H26F3N5O. The van der Waals surface area contributed by atoms with E-state index in [0.29, 0.717) is 31.6 Å². The first-order chi connectivity index (χ1) is 13.4. The Morgan fingerprint density at radius 2 is 1.96 bits per heavy atom. The number of nitrogens with one attached hydrogen (secondary N) is 1. The monoisotopic (exact) mass is 397 g/mol. The predicted octanol–water partition coefficient (Wildman–Crippen LogP) is 1.45. The molecule has 1 heterocycles. The van der Waals surface area contributed by atoms with Gasteiger partial charge in [-0.05, 0) is 36.8 Å². The highest BCUT2D eigenvalue weighted by atomic mass is 19.2. The van der Waals surface area contributed by atoms with Crippen LogP contribution < -0.4 is 11.2 Å². The standard InChI is InChI=1S/C19H26F3N5O/c1-24-27-5-4-26(11-18(27)25-10-12-2-3-12)19(28)8-14(23)6-13-7-16(21)17(22)9-15(13)20/h7,9,12,14,24H,2-6,8,10-11,23H2,1H3/t14-/m1/s1. The number of hydrogen-bond acceptors (Lipinski definition) is 4. The van der Waals surface area contributed by atoms with E-state index in [9.17, 15) is 18.0 Å². The molecule has 0 spiro atoms. The smallest absolute Gasteiger partial charge is 0.224 e. The summed E-state index contributed by atoms with van der Waals surface area (Å²) in [5.74, 6) is -1.93. The summed E-state index contributed by atoms with van der Waals surface area (Å²) in [6.45, 7) is 2.29. The van der Waals surface area contributed by atoms with Crippen LogP contribution in [-0.2, 0) is 11.2 Å². The van der Waals surface area contributed by atoms with Gasteiger partial charge in [-0.1, -0.05) is 0 Å². The molecule has 6 nitrogen and oxygen atoms in total. The maximum atomic E-state index is 13.8. The van der Waals surface area contributed by atoms with Gasteiger partial charge in [0.2, 0.25) is 5.91 Å². The Bertz CT molecular complexity index is 753. The number of hydrogen-bond donors (Lipinski definition) is 2. The molecule has 0 radical (unpaired) electrons. The second-order valence-corrected chi connectivity index (χ2v) is 7.42. The third-order valence-corrected chi connectivity index (χ3v) is 5.10. The third kappa shape index (κ3) is 5.23. The number of hydrazine groups is 1. The van der Waals surface area contributed by atoms with Crippen molar-refractivity contribution in [2.75, 3.05) is 33.2 Å². The van der Waals surface area contributed by atoms with Crippen molar-refractivity contribution >= 4 is 11.7 Å². The maximum absolute atomic E-state index is 13.8. The van der Waals surface area contributed by atoms with Crippen LogP contribution in [-0.4, -0.2) is 60.9 Å². The van der Waals surface area contributed by atoms with Crippen molar-refractivity contribution < 1.29 is 18.0 Å². The number of nitrogens with two attached hydrogens (primary N) is 1. The lowest BCUT2D eigenvalue weighted by Gasteiger charge is -2.36. The summed E-state index contributed by atoms with van der Waals surface area (Å²) in [4.78, 5) is 18.9. The Morgan fingerprint density at radius 1 is 1.25 bits per heavy atom. The minimum atomic E-state index is -1.24. The molecule has 1 atom stereocenters. The third-order valence-electron chi connectivity index (χ3n) is 5.10. The van der Waals surface area contributed by atoms with E-state index in [0.717, 1.165) is 18.4 Å². The zero-order valence-electron chi connectivity index (χ0n) is 15.9. The molecular weight excluding hydrogens is 371 g/mol.